The quantitative estimate of drug-likeness (QED) is 0.726. The van der Waals surface area contributed by atoms with Crippen LogP contribution in [0.2, 0.25) is 0 Å². The smallest absolute Gasteiger partial charge is 0.119 e. The van der Waals surface area contributed by atoms with E-state index in [2.05, 4.69) is 59.2 Å². The molecule has 1 saturated heterocycles. The first-order chi connectivity index (χ1) is 13.8. The first-order valence-corrected chi connectivity index (χ1v) is 11.3. The summed E-state index contributed by atoms with van der Waals surface area (Å²) in [5.41, 5.74) is 4.05. The predicted molar refractivity (Wildman–Crippen MR) is 117 cm³/mol. The predicted octanol–water partition coefficient (Wildman–Crippen LogP) is 4.21. The second kappa shape index (κ2) is 9.68. The minimum atomic E-state index is 0.732. The Bertz CT molecular complexity index is 760. The summed E-state index contributed by atoms with van der Waals surface area (Å²) in [4.78, 5) is 6.33. The molecule has 4 rings (SSSR count). The topological polar surface area (TPSA) is 24.9 Å². The third-order valence-electron chi connectivity index (χ3n) is 5.36. The van der Waals surface area contributed by atoms with Crippen molar-refractivity contribution >= 4 is 17.4 Å². The van der Waals surface area contributed by atoms with Crippen LogP contribution >= 0.6 is 11.8 Å². The molecule has 28 heavy (non-hydrogen) atoms. The second-order valence-electron chi connectivity index (χ2n) is 7.54. The summed E-state index contributed by atoms with van der Waals surface area (Å²) in [6.45, 7) is 9.63. The van der Waals surface area contributed by atoms with Gasteiger partial charge >= 0.3 is 0 Å². The summed E-state index contributed by atoms with van der Waals surface area (Å²) in [6.07, 6.45) is 1.22. The van der Waals surface area contributed by atoms with Gasteiger partial charge in [0.15, 0.2) is 0 Å². The van der Waals surface area contributed by atoms with Gasteiger partial charge in [-0.25, -0.2) is 0 Å². The largest absolute Gasteiger partial charge is 0.492 e. The highest BCUT2D eigenvalue weighted by Gasteiger charge is 2.16. The van der Waals surface area contributed by atoms with Crippen molar-refractivity contribution in [3.8, 4) is 5.75 Å². The Balaban J connectivity index is 1.33. The zero-order valence-electron chi connectivity index (χ0n) is 16.7. The van der Waals surface area contributed by atoms with Crippen molar-refractivity contribution in [2.75, 3.05) is 56.7 Å². The van der Waals surface area contributed by atoms with Crippen molar-refractivity contribution in [1.29, 1.82) is 0 Å². The van der Waals surface area contributed by atoms with Gasteiger partial charge in [0.05, 0.1) is 18.9 Å². The number of hydrogen-bond donors (Lipinski definition) is 0. The molecule has 0 aliphatic carbocycles. The summed E-state index contributed by atoms with van der Waals surface area (Å²) >= 11 is 1.99. The van der Waals surface area contributed by atoms with Crippen LogP contribution in [0, 0.1) is 6.92 Å². The van der Waals surface area contributed by atoms with E-state index < -0.39 is 0 Å². The lowest BCUT2D eigenvalue weighted by Crippen LogP contribution is -2.38. The van der Waals surface area contributed by atoms with Gasteiger partial charge in [0.1, 0.15) is 12.4 Å². The lowest BCUT2D eigenvalue weighted by Gasteiger charge is -2.26. The first-order valence-electron chi connectivity index (χ1n) is 10.3. The lowest BCUT2D eigenvalue weighted by atomic mass is 10.1. The minimum absolute atomic E-state index is 0.732. The number of benzene rings is 2. The van der Waals surface area contributed by atoms with Gasteiger partial charge in [0.2, 0.25) is 0 Å². The van der Waals surface area contributed by atoms with Crippen LogP contribution in [0.5, 0.6) is 5.75 Å². The molecule has 150 valence electrons. The number of nitrogens with zero attached hydrogens (tertiary/aromatic N) is 2. The van der Waals surface area contributed by atoms with E-state index in [-0.39, 0.29) is 0 Å². The van der Waals surface area contributed by atoms with E-state index in [9.17, 15) is 0 Å². The van der Waals surface area contributed by atoms with Gasteiger partial charge in [-0.2, -0.15) is 0 Å². The van der Waals surface area contributed by atoms with Crippen molar-refractivity contribution in [2.45, 2.75) is 24.8 Å². The van der Waals surface area contributed by atoms with Crippen LogP contribution < -0.4 is 9.64 Å². The molecule has 0 atom stereocenters. The number of ether oxygens (including phenoxy) is 2. The zero-order chi connectivity index (χ0) is 19.2. The second-order valence-corrected chi connectivity index (χ2v) is 8.68. The van der Waals surface area contributed by atoms with Crippen molar-refractivity contribution in [1.82, 2.24) is 4.90 Å². The number of anilines is 1. The summed E-state index contributed by atoms with van der Waals surface area (Å²) in [5, 5.41) is 0. The van der Waals surface area contributed by atoms with E-state index in [1.807, 2.05) is 11.8 Å². The van der Waals surface area contributed by atoms with Gasteiger partial charge in [-0.3, -0.25) is 4.90 Å². The van der Waals surface area contributed by atoms with Crippen LogP contribution in [0.15, 0.2) is 47.4 Å². The SMILES string of the molecule is Cc1ccc2c(c1)SCCCN2Cc1ccc(OCCN2CCOCC2)cc1. The molecule has 1 fully saturated rings. The molecule has 2 heterocycles. The Morgan fingerprint density at radius 2 is 1.86 bits per heavy atom. The van der Waals surface area contributed by atoms with Crippen LogP contribution in [0.25, 0.3) is 0 Å². The molecule has 0 aromatic heterocycles. The van der Waals surface area contributed by atoms with Crippen LogP contribution in [0.1, 0.15) is 17.5 Å². The average molecular weight is 399 g/mol. The number of thioether (sulfide) groups is 1. The zero-order valence-corrected chi connectivity index (χ0v) is 17.5. The highest BCUT2D eigenvalue weighted by molar-refractivity contribution is 7.99. The summed E-state index contributed by atoms with van der Waals surface area (Å²) < 4.78 is 11.3. The maximum absolute atomic E-state index is 5.94. The van der Waals surface area contributed by atoms with Crippen molar-refractivity contribution in [3.05, 3.63) is 53.6 Å². The molecule has 0 N–H and O–H groups in total. The van der Waals surface area contributed by atoms with Gasteiger partial charge in [-0.05, 0) is 54.5 Å². The van der Waals surface area contributed by atoms with E-state index in [0.29, 0.717) is 0 Å². The van der Waals surface area contributed by atoms with Crippen LogP contribution in [-0.2, 0) is 11.3 Å². The highest BCUT2D eigenvalue weighted by Crippen LogP contribution is 2.35. The van der Waals surface area contributed by atoms with E-state index in [1.165, 1.54) is 33.9 Å². The average Bonchev–Trinajstić information content (AvgIpc) is 2.92. The van der Waals surface area contributed by atoms with Crippen LogP contribution in [0.4, 0.5) is 5.69 Å². The summed E-state index contributed by atoms with van der Waals surface area (Å²) in [6, 6.07) is 15.5. The molecule has 2 aliphatic heterocycles. The molecule has 0 unspecified atom stereocenters. The maximum Gasteiger partial charge on any atom is 0.119 e. The number of aryl methyl sites for hydroxylation is 1. The molecule has 0 radical (unpaired) electrons. The van der Waals surface area contributed by atoms with Gasteiger partial charge in [-0.1, -0.05) is 18.2 Å². The van der Waals surface area contributed by atoms with E-state index in [1.54, 1.807) is 0 Å². The fourth-order valence-electron chi connectivity index (χ4n) is 3.75. The van der Waals surface area contributed by atoms with E-state index in [4.69, 9.17) is 9.47 Å². The van der Waals surface area contributed by atoms with E-state index >= 15 is 0 Å². The van der Waals surface area contributed by atoms with Gasteiger partial charge in [0.25, 0.3) is 0 Å². The molecule has 0 saturated carbocycles. The van der Waals surface area contributed by atoms with Gasteiger partial charge in [0, 0.05) is 37.6 Å². The Hall–Kier alpha value is -1.69. The fourth-order valence-corrected chi connectivity index (χ4v) is 4.86. The molecule has 0 amide bonds. The molecular formula is C23H30N2O2S. The van der Waals surface area contributed by atoms with Crippen LogP contribution in [-0.4, -0.2) is 56.7 Å². The van der Waals surface area contributed by atoms with Crippen LogP contribution in [0.3, 0.4) is 0 Å². The lowest BCUT2D eigenvalue weighted by molar-refractivity contribution is 0.0322. The first kappa shape index (κ1) is 19.6. The molecule has 2 aromatic rings. The monoisotopic (exact) mass is 398 g/mol. The van der Waals surface area contributed by atoms with Gasteiger partial charge in [-0.15, -0.1) is 11.8 Å². The molecular weight excluding hydrogens is 368 g/mol. The Morgan fingerprint density at radius 3 is 2.68 bits per heavy atom. The normalized spacial score (nSPS) is 17.8. The maximum atomic E-state index is 5.94. The van der Waals surface area contributed by atoms with E-state index in [0.717, 1.165) is 58.3 Å². The molecule has 2 aliphatic rings. The Labute approximate surface area is 172 Å². The number of fused-ring (bicyclic) bond motifs is 1. The number of rotatable bonds is 6. The Morgan fingerprint density at radius 1 is 1.04 bits per heavy atom. The molecule has 4 nitrogen and oxygen atoms in total. The molecule has 2 aromatic carbocycles. The summed E-state index contributed by atoms with van der Waals surface area (Å²) in [7, 11) is 0. The standard InChI is InChI=1S/C23H30N2O2S/c1-19-3-8-22-23(17-19)28-16-2-9-25(22)18-20-4-6-21(7-5-20)27-15-12-24-10-13-26-14-11-24/h3-8,17H,2,9-16,18H2,1H3. The minimum Gasteiger partial charge on any atom is -0.492 e. The third kappa shape index (κ3) is 5.22. The van der Waals surface area contributed by atoms with Crippen molar-refractivity contribution in [2.24, 2.45) is 0 Å². The summed E-state index contributed by atoms with van der Waals surface area (Å²) in [5.74, 6) is 2.16. The molecule has 0 spiro atoms. The molecule has 0 bridgehead atoms. The van der Waals surface area contributed by atoms with Crippen molar-refractivity contribution in [3.63, 3.8) is 0 Å². The fraction of sp³-hybridized carbons (Fsp3) is 0.478. The molecule has 5 heteroatoms. The van der Waals surface area contributed by atoms with Gasteiger partial charge < -0.3 is 14.4 Å². The third-order valence-corrected chi connectivity index (χ3v) is 6.49. The Kier molecular flexibility index (Phi) is 6.78. The number of morpholine rings is 1. The van der Waals surface area contributed by atoms with Crippen molar-refractivity contribution < 1.29 is 9.47 Å². The number of hydrogen-bond acceptors (Lipinski definition) is 5. The highest BCUT2D eigenvalue weighted by atomic mass is 32.2.